The van der Waals surface area contributed by atoms with E-state index in [4.69, 9.17) is 0 Å². The Bertz CT molecular complexity index is 131. The second-order valence-electron chi connectivity index (χ2n) is 5.65. The molecule has 20 heavy (non-hydrogen) atoms. The molecule has 0 aliphatic rings. The molecule has 0 aliphatic heterocycles. The van der Waals surface area contributed by atoms with Crippen LogP contribution in [0.25, 0.3) is 0 Å². The molecular formula is C16H38Cl2NP. The Morgan fingerprint density at radius 1 is 0.600 bits per heavy atom. The minimum absolute atomic E-state index is 0. The molecule has 0 bridgehead atoms. The summed E-state index contributed by atoms with van der Waals surface area (Å²) in [5, 5.41) is 0. The van der Waals surface area contributed by atoms with E-state index in [1.807, 2.05) is 8.59 Å². The summed E-state index contributed by atoms with van der Waals surface area (Å²) in [5.74, 6) is 0. The first kappa shape index (κ1) is 25.9. The summed E-state index contributed by atoms with van der Waals surface area (Å²) in [7, 11) is 1.89. The normalized spacial score (nSPS) is 10.5. The van der Waals surface area contributed by atoms with E-state index in [-0.39, 0.29) is 12.4 Å². The first-order valence-corrected chi connectivity index (χ1v) is 10.1. The molecule has 1 atom stereocenters. The molecule has 0 fully saturated rings. The maximum atomic E-state index is 4.56. The van der Waals surface area contributed by atoms with Crippen molar-refractivity contribution in [2.24, 2.45) is 0 Å². The van der Waals surface area contributed by atoms with Crippen LogP contribution in [0.5, 0.6) is 0 Å². The SMILES string of the molecule is CCCC[N+](CCCC)(CCCC)CCCC.PCl.[Cl-]. The van der Waals surface area contributed by atoms with E-state index in [0.717, 1.165) is 0 Å². The Morgan fingerprint density at radius 2 is 0.800 bits per heavy atom. The van der Waals surface area contributed by atoms with Gasteiger partial charge in [-0.1, -0.05) is 53.4 Å². The second kappa shape index (κ2) is 20.0. The zero-order valence-corrected chi connectivity index (χ0v) is 16.9. The van der Waals surface area contributed by atoms with Crippen molar-refractivity contribution in [2.75, 3.05) is 26.2 Å². The summed E-state index contributed by atoms with van der Waals surface area (Å²) in [6.45, 7) is 15.0. The van der Waals surface area contributed by atoms with Crippen molar-refractivity contribution in [2.45, 2.75) is 79.1 Å². The summed E-state index contributed by atoms with van der Waals surface area (Å²) < 4.78 is 1.42. The van der Waals surface area contributed by atoms with E-state index < -0.39 is 0 Å². The standard InChI is InChI=1S/C16H36N.ClH2P.ClH/c1-5-9-13-17(14-10-6-2,15-11-7-3)16-12-8-4;1-2;/h5-16H2,1-4H3;2H2;1H/q+1;;/p-1. The lowest BCUT2D eigenvalue weighted by Gasteiger charge is -2.39. The third-order valence-electron chi connectivity index (χ3n) is 3.94. The molecule has 0 rings (SSSR count). The first-order chi connectivity index (χ1) is 9.24. The largest absolute Gasteiger partial charge is 1.00 e. The fraction of sp³-hybridized carbons (Fsp3) is 1.00. The van der Waals surface area contributed by atoms with Gasteiger partial charge in [0.2, 0.25) is 0 Å². The number of hydrogen-bond acceptors (Lipinski definition) is 0. The molecule has 0 spiro atoms. The molecule has 0 saturated carbocycles. The van der Waals surface area contributed by atoms with E-state index in [2.05, 4.69) is 38.9 Å². The Balaban J connectivity index is -0.000000916. The third kappa shape index (κ3) is 13.9. The molecule has 0 aromatic rings. The number of unbranched alkanes of at least 4 members (excludes halogenated alkanes) is 4. The van der Waals surface area contributed by atoms with Crippen LogP contribution < -0.4 is 12.4 Å². The smallest absolute Gasteiger partial charge is 0.0786 e. The van der Waals surface area contributed by atoms with E-state index in [1.54, 1.807) is 0 Å². The van der Waals surface area contributed by atoms with Gasteiger partial charge in [0.15, 0.2) is 0 Å². The van der Waals surface area contributed by atoms with Crippen LogP contribution in [0, 0.1) is 0 Å². The average molecular weight is 346 g/mol. The van der Waals surface area contributed by atoms with Gasteiger partial charge in [0.1, 0.15) is 0 Å². The lowest BCUT2D eigenvalue weighted by atomic mass is 10.1. The molecule has 1 unspecified atom stereocenters. The minimum Gasteiger partial charge on any atom is -1.00 e. The van der Waals surface area contributed by atoms with Gasteiger partial charge < -0.3 is 16.9 Å². The van der Waals surface area contributed by atoms with Gasteiger partial charge in [0, 0.05) is 0 Å². The molecule has 4 heteroatoms. The van der Waals surface area contributed by atoms with Crippen molar-refractivity contribution >= 4 is 19.8 Å². The van der Waals surface area contributed by atoms with Crippen LogP contribution in [-0.2, 0) is 0 Å². The molecule has 0 radical (unpaired) electrons. The Kier molecular flexibility index (Phi) is 25.9. The van der Waals surface area contributed by atoms with E-state index in [1.165, 1.54) is 82.0 Å². The van der Waals surface area contributed by atoms with Crippen LogP contribution in [0.1, 0.15) is 79.1 Å². The third-order valence-corrected chi connectivity index (χ3v) is 3.94. The van der Waals surface area contributed by atoms with Crippen molar-refractivity contribution in [1.82, 2.24) is 0 Å². The molecule has 0 aromatic heterocycles. The minimum atomic E-state index is 0. The number of nitrogens with zero attached hydrogens (tertiary/aromatic N) is 1. The fourth-order valence-electron chi connectivity index (χ4n) is 2.64. The Morgan fingerprint density at radius 3 is 0.950 bits per heavy atom. The van der Waals surface area contributed by atoms with E-state index in [9.17, 15) is 0 Å². The fourth-order valence-corrected chi connectivity index (χ4v) is 2.64. The summed E-state index contributed by atoms with van der Waals surface area (Å²) in [4.78, 5) is 0. The highest BCUT2D eigenvalue weighted by atomic mass is 35.7. The summed E-state index contributed by atoms with van der Waals surface area (Å²) in [6, 6.07) is 0. The van der Waals surface area contributed by atoms with Gasteiger partial charge >= 0.3 is 0 Å². The van der Waals surface area contributed by atoms with Crippen molar-refractivity contribution in [1.29, 1.82) is 0 Å². The van der Waals surface area contributed by atoms with E-state index >= 15 is 0 Å². The van der Waals surface area contributed by atoms with Gasteiger partial charge in [0.25, 0.3) is 0 Å². The molecule has 0 heterocycles. The molecule has 0 saturated heterocycles. The Hall–Kier alpha value is 0.970. The van der Waals surface area contributed by atoms with Gasteiger partial charge in [-0.15, -0.1) is 11.2 Å². The van der Waals surface area contributed by atoms with Crippen molar-refractivity contribution < 1.29 is 16.9 Å². The van der Waals surface area contributed by atoms with Crippen LogP contribution in [0.2, 0.25) is 0 Å². The highest BCUT2D eigenvalue weighted by Crippen LogP contribution is 2.16. The van der Waals surface area contributed by atoms with Gasteiger partial charge in [-0.25, -0.2) is 0 Å². The number of hydrogen-bond donors (Lipinski definition) is 0. The molecular weight excluding hydrogens is 308 g/mol. The molecule has 0 N–H and O–H groups in total. The molecule has 0 aromatic carbocycles. The lowest BCUT2D eigenvalue weighted by Crippen LogP contribution is -3.00. The maximum absolute atomic E-state index is 4.56. The maximum Gasteiger partial charge on any atom is 0.0786 e. The number of quaternary nitrogens is 1. The predicted molar refractivity (Wildman–Crippen MR) is 94.9 cm³/mol. The topological polar surface area (TPSA) is 0 Å². The Labute approximate surface area is 142 Å². The monoisotopic (exact) mass is 345 g/mol. The zero-order valence-electron chi connectivity index (χ0n) is 14.3. The van der Waals surface area contributed by atoms with Crippen LogP contribution in [-0.4, -0.2) is 30.7 Å². The first-order valence-electron chi connectivity index (χ1n) is 8.31. The highest BCUT2D eigenvalue weighted by Gasteiger charge is 2.24. The second-order valence-corrected chi connectivity index (χ2v) is 5.65. The summed E-state index contributed by atoms with van der Waals surface area (Å²) in [5.41, 5.74) is 0. The van der Waals surface area contributed by atoms with Crippen LogP contribution in [0.4, 0.5) is 0 Å². The van der Waals surface area contributed by atoms with Gasteiger partial charge in [-0.05, 0) is 34.3 Å². The highest BCUT2D eigenvalue weighted by molar-refractivity contribution is 7.52. The van der Waals surface area contributed by atoms with Gasteiger partial charge in [0.05, 0.1) is 26.2 Å². The quantitative estimate of drug-likeness (QED) is 0.376. The van der Waals surface area contributed by atoms with Gasteiger partial charge in [-0.2, -0.15) is 0 Å². The van der Waals surface area contributed by atoms with Crippen molar-refractivity contribution in [3.63, 3.8) is 0 Å². The average Bonchev–Trinajstić information content (AvgIpc) is 2.48. The molecule has 0 aliphatic carbocycles. The van der Waals surface area contributed by atoms with Crippen LogP contribution in [0.15, 0.2) is 0 Å². The number of rotatable bonds is 12. The number of halogens is 2. The zero-order chi connectivity index (χ0) is 15.0. The summed E-state index contributed by atoms with van der Waals surface area (Å²) in [6.07, 6.45) is 11.1. The molecule has 126 valence electrons. The van der Waals surface area contributed by atoms with Crippen molar-refractivity contribution in [3.05, 3.63) is 0 Å². The predicted octanol–water partition coefficient (Wildman–Crippen LogP) is 3.02. The van der Waals surface area contributed by atoms with Gasteiger partial charge in [-0.3, -0.25) is 0 Å². The van der Waals surface area contributed by atoms with Crippen molar-refractivity contribution in [3.8, 4) is 0 Å². The summed E-state index contributed by atoms with van der Waals surface area (Å²) >= 11 is 4.56. The molecule has 1 nitrogen and oxygen atoms in total. The van der Waals surface area contributed by atoms with E-state index in [0.29, 0.717) is 0 Å². The molecule has 0 amide bonds. The lowest BCUT2D eigenvalue weighted by molar-refractivity contribution is -0.929. The van der Waals surface area contributed by atoms with Crippen LogP contribution >= 0.6 is 19.8 Å². The van der Waals surface area contributed by atoms with Crippen LogP contribution in [0.3, 0.4) is 0 Å².